The standard InChI is InChI=1S/C23H22ClN3O3S/c1-14-20(31-22(26-14)16-6-8-17(24)9-7-16)21(28)25-12-15-10-11-27(13-15)19-5-3-2-4-18(19)23(29)30/h2-9,15H,10-13H2,1H3,(H,25,28)(H,29,30). The van der Waals surface area contributed by atoms with Gasteiger partial charge in [-0.3, -0.25) is 4.79 Å². The third kappa shape index (κ3) is 4.73. The molecule has 1 atom stereocenters. The molecule has 2 aromatic carbocycles. The largest absolute Gasteiger partial charge is 0.478 e. The van der Waals surface area contributed by atoms with E-state index in [9.17, 15) is 14.7 Å². The fourth-order valence-electron chi connectivity index (χ4n) is 3.79. The summed E-state index contributed by atoms with van der Waals surface area (Å²) in [6, 6.07) is 14.4. The quantitative estimate of drug-likeness (QED) is 0.561. The number of rotatable bonds is 6. The predicted octanol–water partition coefficient (Wildman–Crippen LogP) is 4.73. The van der Waals surface area contributed by atoms with Crippen LogP contribution in [0.4, 0.5) is 5.69 Å². The van der Waals surface area contributed by atoms with Crippen molar-refractivity contribution in [2.45, 2.75) is 13.3 Å². The number of nitrogens with zero attached hydrogens (tertiary/aromatic N) is 2. The van der Waals surface area contributed by atoms with E-state index < -0.39 is 5.97 Å². The third-order valence-electron chi connectivity index (χ3n) is 5.41. The smallest absolute Gasteiger partial charge is 0.337 e. The molecule has 0 radical (unpaired) electrons. The first-order valence-corrected chi connectivity index (χ1v) is 11.2. The predicted molar refractivity (Wildman–Crippen MR) is 123 cm³/mol. The highest BCUT2D eigenvalue weighted by Crippen LogP contribution is 2.30. The van der Waals surface area contributed by atoms with Crippen LogP contribution in [-0.2, 0) is 0 Å². The molecular weight excluding hydrogens is 434 g/mol. The Kier molecular flexibility index (Phi) is 6.25. The molecule has 1 aromatic heterocycles. The number of halogens is 1. The minimum Gasteiger partial charge on any atom is -0.478 e. The first kappa shape index (κ1) is 21.3. The van der Waals surface area contributed by atoms with E-state index in [2.05, 4.69) is 15.2 Å². The van der Waals surface area contributed by atoms with Gasteiger partial charge in [0.2, 0.25) is 0 Å². The molecule has 3 aromatic rings. The summed E-state index contributed by atoms with van der Waals surface area (Å²) in [6.07, 6.45) is 0.895. The van der Waals surface area contributed by atoms with Crippen LogP contribution in [0, 0.1) is 12.8 Å². The van der Waals surface area contributed by atoms with Gasteiger partial charge in [0, 0.05) is 30.2 Å². The number of nitrogens with one attached hydrogen (secondary N) is 1. The Morgan fingerprint density at radius 2 is 1.97 bits per heavy atom. The summed E-state index contributed by atoms with van der Waals surface area (Å²) in [5.41, 5.74) is 2.67. The van der Waals surface area contributed by atoms with Crippen LogP contribution in [0.2, 0.25) is 5.02 Å². The molecule has 1 aliphatic heterocycles. The summed E-state index contributed by atoms with van der Waals surface area (Å²) in [7, 11) is 0. The average molecular weight is 456 g/mol. The number of anilines is 1. The molecule has 4 rings (SSSR count). The number of carboxylic acid groups (broad SMARTS) is 1. The highest BCUT2D eigenvalue weighted by molar-refractivity contribution is 7.17. The van der Waals surface area contributed by atoms with Crippen LogP contribution in [0.25, 0.3) is 10.6 Å². The Labute approximate surface area is 189 Å². The lowest BCUT2D eigenvalue weighted by Crippen LogP contribution is -2.31. The lowest BCUT2D eigenvalue weighted by Gasteiger charge is -2.20. The number of benzene rings is 2. The molecule has 0 bridgehead atoms. The van der Waals surface area contributed by atoms with E-state index in [0.717, 1.165) is 29.2 Å². The van der Waals surface area contributed by atoms with Gasteiger partial charge in [0.15, 0.2) is 0 Å². The molecule has 1 saturated heterocycles. The molecule has 6 nitrogen and oxygen atoms in total. The minimum atomic E-state index is -0.926. The Hall–Kier alpha value is -2.90. The highest BCUT2D eigenvalue weighted by atomic mass is 35.5. The summed E-state index contributed by atoms with van der Waals surface area (Å²) >= 11 is 7.32. The fourth-order valence-corrected chi connectivity index (χ4v) is 4.90. The zero-order valence-corrected chi connectivity index (χ0v) is 18.5. The number of carbonyl (C=O) groups excluding carboxylic acids is 1. The van der Waals surface area contributed by atoms with Gasteiger partial charge < -0.3 is 15.3 Å². The number of aryl methyl sites for hydroxylation is 1. The molecular formula is C23H22ClN3O3S. The van der Waals surface area contributed by atoms with Gasteiger partial charge in [-0.15, -0.1) is 11.3 Å². The van der Waals surface area contributed by atoms with E-state index in [0.29, 0.717) is 34.2 Å². The van der Waals surface area contributed by atoms with E-state index in [-0.39, 0.29) is 11.8 Å². The van der Waals surface area contributed by atoms with E-state index >= 15 is 0 Å². The number of thiazole rings is 1. The Bertz CT molecular complexity index is 1110. The zero-order chi connectivity index (χ0) is 22.0. The summed E-state index contributed by atoms with van der Waals surface area (Å²) in [5, 5.41) is 13.9. The lowest BCUT2D eigenvalue weighted by atomic mass is 10.1. The number of carboxylic acids is 1. The molecule has 1 amide bonds. The number of hydrogen-bond donors (Lipinski definition) is 2. The van der Waals surface area contributed by atoms with Gasteiger partial charge in [0.1, 0.15) is 9.88 Å². The number of carbonyl (C=O) groups is 2. The molecule has 1 aliphatic rings. The molecule has 2 N–H and O–H groups in total. The molecule has 160 valence electrons. The van der Waals surface area contributed by atoms with Gasteiger partial charge in [0.05, 0.1) is 16.9 Å². The Morgan fingerprint density at radius 3 is 2.71 bits per heavy atom. The van der Waals surface area contributed by atoms with E-state index in [1.165, 1.54) is 11.3 Å². The summed E-state index contributed by atoms with van der Waals surface area (Å²) in [4.78, 5) is 31.5. The molecule has 0 spiro atoms. The van der Waals surface area contributed by atoms with E-state index in [4.69, 9.17) is 11.6 Å². The maximum Gasteiger partial charge on any atom is 0.337 e. The van der Waals surface area contributed by atoms with Crippen LogP contribution in [0.3, 0.4) is 0 Å². The third-order valence-corrected chi connectivity index (χ3v) is 6.86. The number of aromatic nitrogens is 1. The molecule has 0 aliphatic carbocycles. The molecule has 8 heteroatoms. The van der Waals surface area contributed by atoms with Crippen LogP contribution in [0.15, 0.2) is 48.5 Å². The van der Waals surface area contributed by atoms with Crippen molar-refractivity contribution in [2.75, 3.05) is 24.5 Å². The van der Waals surface area contributed by atoms with Gasteiger partial charge in [0.25, 0.3) is 5.91 Å². The normalized spacial score (nSPS) is 15.8. The van der Waals surface area contributed by atoms with Gasteiger partial charge in [-0.05, 0) is 43.5 Å². The number of hydrogen-bond acceptors (Lipinski definition) is 5. The number of aromatic carboxylic acids is 1. The van der Waals surface area contributed by atoms with Crippen LogP contribution in [0.1, 0.15) is 32.1 Å². The van der Waals surface area contributed by atoms with Crippen molar-refractivity contribution < 1.29 is 14.7 Å². The van der Waals surface area contributed by atoms with Crippen molar-refractivity contribution in [1.29, 1.82) is 0 Å². The summed E-state index contributed by atoms with van der Waals surface area (Å²) in [5.74, 6) is -0.793. The summed E-state index contributed by atoms with van der Waals surface area (Å²) < 4.78 is 0. The van der Waals surface area contributed by atoms with Crippen molar-refractivity contribution >= 4 is 40.5 Å². The summed E-state index contributed by atoms with van der Waals surface area (Å²) in [6.45, 7) is 3.86. The topological polar surface area (TPSA) is 82.5 Å². The maximum atomic E-state index is 12.8. The van der Waals surface area contributed by atoms with Crippen LogP contribution < -0.4 is 10.2 Å². The second kappa shape index (κ2) is 9.08. The Morgan fingerprint density at radius 1 is 1.23 bits per heavy atom. The second-order valence-corrected chi connectivity index (χ2v) is 9.01. The molecule has 0 saturated carbocycles. The first-order valence-electron chi connectivity index (χ1n) is 10.0. The molecule has 1 unspecified atom stereocenters. The Balaban J connectivity index is 1.38. The average Bonchev–Trinajstić information content (AvgIpc) is 3.39. The van der Waals surface area contributed by atoms with E-state index in [1.54, 1.807) is 12.1 Å². The first-order chi connectivity index (χ1) is 14.9. The monoisotopic (exact) mass is 455 g/mol. The number of amides is 1. The molecule has 2 heterocycles. The van der Waals surface area contributed by atoms with E-state index in [1.807, 2.05) is 43.3 Å². The second-order valence-electron chi connectivity index (χ2n) is 7.57. The van der Waals surface area contributed by atoms with Gasteiger partial charge >= 0.3 is 5.97 Å². The van der Waals surface area contributed by atoms with Crippen molar-refractivity contribution in [1.82, 2.24) is 10.3 Å². The van der Waals surface area contributed by atoms with Gasteiger partial charge in [-0.1, -0.05) is 35.9 Å². The van der Waals surface area contributed by atoms with Crippen molar-refractivity contribution in [3.05, 3.63) is 69.7 Å². The van der Waals surface area contributed by atoms with Crippen LogP contribution in [0.5, 0.6) is 0 Å². The van der Waals surface area contributed by atoms with Gasteiger partial charge in [-0.2, -0.15) is 0 Å². The maximum absolute atomic E-state index is 12.8. The minimum absolute atomic E-state index is 0.125. The lowest BCUT2D eigenvalue weighted by molar-refractivity contribution is 0.0697. The van der Waals surface area contributed by atoms with Crippen molar-refractivity contribution in [3.8, 4) is 10.6 Å². The molecule has 31 heavy (non-hydrogen) atoms. The van der Waals surface area contributed by atoms with Crippen molar-refractivity contribution in [3.63, 3.8) is 0 Å². The SMILES string of the molecule is Cc1nc(-c2ccc(Cl)cc2)sc1C(=O)NCC1CCN(c2ccccc2C(=O)O)C1. The van der Waals surface area contributed by atoms with Crippen LogP contribution in [-0.4, -0.2) is 41.6 Å². The molecule has 1 fully saturated rings. The van der Waals surface area contributed by atoms with Gasteiger partial charge in [-0.25, -0.2) is 9.78 Å². The number of para-hydroxylation sites is 1. The fraction of sp³-hybridized carbons (Fsp3) is 0.261. The van der Waals surface area contributed by atoms with Crippen LogP contribution >= 0.6 is 22.9 Å². The highest BCUT2D eigenvalue weighted by Gasteiger charge is 2.26. The van der Waals surface area contributed by atoms with Crippen molar-refractivity contribution in [2.24, 2.45) is 5.92 Å². The zero-order valence-electron chi connectivity index (χ0n) is 17.0.